The third-order valence-electron chi connectivity index (χ3n) is 3.45. The number of carbonyl (C=O) groups excluding carboxylic acids is 2. The van der Waals surface area contributed by atoms with Crippen LogP contribution in [0.4, 0.5) is 5.69 Å². The third-order valence-corrected chi connectivity index (χ3v) is 3.45. The van der Waals surface area contributed by atoms with Gasteiger partial charge in [-0.05, 0) is 24.6 Å². The van der Waals surface area contributed by atoms with Crippen LogP contribution in [0.3, 0.4) is 0 Å². The summed E-state index contributed by atoms with van der Waals surface area (Å²) in [5.74, 6) is -0.558. The van der Waals surface area contributed by atoms with E-state index in [1.54, 1.807) is 25.1 Å². The summed E-state index contributed by atoms with van der Waals surface area (Å²) in [6.07, 6.45) is 0. The van der Waals surface area contributed by atoms with E-state index in [0.29, 0.717) is 23.4 Å². The smallest absolute Gasteiger partial charge is 0.249 e. The van der Waals surface area contributed by atoms with E-state index >= 15 is 0 Å². The van der Waals surface area contributed by atoms with Crippen molar-refractivity contribution in [1.82, 2.24) is 10.2 Å². The lowest BCUT2D eigenvalue weighted by molar-refractivity contribution is -0.117. The Labute approximate surface area is 118 Å². The molecule has 1 saturated heterocycles. The summed E-state index contributed by atoms with van der Waals surface area (Å²) in [5.41, 5.74) is 7.07. The van der Waals surface area contributed by atoms with Gasteiger partial charge in [0.05, 0.1) is 6.54 Å². The molecular formula is C14H20N4O2. The molecule has 0 unspecified atom stereocenters. The van der Waals surface area contributed by atoms with Gasteiger partial charge in [-0.2, -0.15) is 0 Å². The van der Waals surface area contributed by atoms with E-state index in [4.69, 9.17) is 5.73 Å². The van der Waals surface area contributed by atoms with Gasteiger partial charge in [-0.1, -0.05) is 6.07 Å². The molecule has 2 amide bonds. The number of nitrogens with one attached hydrogen (secondary N) is 2. The molecule has 6 nitrogen and oxygen atoms in total. The van der Waals surface area contributed by atoms with E-state index in [-0.39, 0.29) is 5.91 Å². The number of carbonyl (C=O) groups is 2. The first kappa shape index (κ1) is 14.5. The van der Waals surface area contributed by atoms with Crippen molar-refractivity contribution in [3.05, 3.63) is 29.3 Å². The van der Waals surface area contributed by atoms with Crippen molar-refractivity contribution in [3.8, 4) is 0 Å². The first-order valence-corrected chi connectivity index (χ1v) is 6.70. The van der Waals surface area contributed by atoms with E-state index in [1.807, 2.05) is 0 Å². The molecule has 4 N–H and O–H groups in total. The minimum absolute atomic E-state index is 0.0726. The second-order valence-electron chi connectivity index (χ2n) is 4.92. The molecule has 0 spiro atoms. The monoisotopic (exact) mass is 276 g/mol. The molecule has 0 aliphatic carbocycles. The number of nitrogens with zero attached hydrogens (tertiary/aromatic N) is 1. The van der Waals surface area contributed by atoms with E-state index < -0.39 is 5.91 Å². The normalized spacial score (nSPS) is 15.8. The second-order valence-corrected chi connectivity index (χ2v) is 4.92. The fraction of sp³-hybridized carbons (Fsp3) is 0.429. The summed E-state index contributed by atoms with van der Waals surface area (Å²) in [4.78, 5) is 25.4. The topological polar surface area (TPSA) is 87.5 Å². The van der Waals surface area contributed by atoms with Gasteiger partial charge >= 0.3 is 0 Å². The van der Waals surface area contributed by atoms with Crippen LogP contribution in [-0.2, 0) is 4.79 Å². The maximum absolute atomic E-state index is 12.0. The van der Waals surface area contributed by atoms with Gasteiger partial charge in [0.15, 0.2) is 0 Å². The van der Waals surface area contributed by atoms with Gasteiger partial charge in [0.1, 0.15) is 0 Å². The minimum atomic E-state index is -0.485. The van der Waals surface area contributed by atoms with Gasteiger partial charge in [0.2, 0.25) is 11.8 Å². The number of primary amides is 1. The molecule has 1 aromatic carbocycles. The van der Waals surface area contributed by atoms with Gasteiger partial charge in [-0.3, -0.25) is 14.5 Å². The molecule has 0 bridgehead atoms. The van der Waals surface area contributed by atoms with Gasteiger partial charge in [-0.15, -0.1) is 0 Å². The summed E-state index contributed by atoms with van der Waals surface area (Å²) in [5, 5.41) is 6.09. The van der Waals surface area contributed by atoms with Crippen LogP contribution >= 0.6 is 0 Å². The van der Waals surface area contributed by atoms with Crippen molar-refractivity contribution in [2.24, 2.45) is 5.73 Å². The Morgan fingerprint density at radius 3 is 2.70 bits per heavy atom. The lowest BCUT2D eigenvalue weighted by Crippen LogP contribution is -2.46. The average Bonchev–Trinajstić information content (AvgIpc) is 2.42. The molecule has 0 saturated carbocycles. The number of rotatable bonds is 4. The third kappa shape index (κ3) is 3.55. The lowest BCUT2D eigenvalue weighted by atomic mass is 10.1. The highest BCUT2D eigenvalue weighted by atomic mass is 16.2. The summed E-state index contributed by atoms with van der Waals surface area (Å²) < 4.78 is 0. The predicted octanol–water partition coefficient (Wildman–Crippen LogP) is -0.0624. The largest absolute Gasteiger partial charge is 0.366 e. The Hall–Kier alpha value is -1.92. The van der Waals surface area contributed by atoms with E-state index in [9.17, 15) is 9.59 Å². The molecule has 1 heterocycles. The zero-order chi connectivity index (χ0) is 14.5. The fourth-order valence-corrected chi connectivity index (χ4v) is 2.30. The molecule has 20 heavy (non-hydrogen) atoms. The Bertz CT molecular complexity index is 510. The number of benzene rings is 1. The summed E-state index contributed by atoms with van der Waals surface area (Å²) in [7, 11) is 0. The minimum Gasteiger partial charge on any atom is -0.366 e. The van der Waals surface area contributed by atoms with Crippen LogP contribution in [0.5, 0.6) is 0 Å². The number of hydrogen-bond donors (Lipinski definition) is 3. The Morgan fingerprint density at radius 2 is 2.05 bits per heavy atom. The standard InChI is InChI=1S/C14H20N4O2/c1-10-11(14(15)20)3-2-4-12(10)17-13(19)9-18-7-5-16-6-8-18/h2-4,16H,5-9H2,1H3,(H2,15,20)(H,17,19). The average molecular weight is 276 g/mol. The van der Waals surface area contributed by atoms with Crippen molar-refractivity contribution >= 4 is 17.5 Å². The SMILES string of the molecule is Cc1c(NC(=O)CN2CCNCC2)cccc1C(N)=O. The van der Waals surface area contributed by atoms with Crippen molar-refractivity contribution in [1.29, 1.82) is 0 Å². The van der Waals surface area contributed by atoms with Crippen molar-refractivity contribution in [3.63, 3.8) is 0 Å². The van der Waals surface area contributed by atoms with Crippen LogP contribution in [0.15, 0.2) is 18.2 Å². The highest BCUT2D eigenvalue weighted by Gasteiger charge is 2.15. The summed E-state index contributed by atoms with van der Waals surface area (Å²) >= 11 is 0. The van der Waals surface area contributed by atoms with Crippen LogP contribution < -0.4 is 16.4 Å². The van der Waals surface area contributed by atoms with E-state index in [1.165, 1.54) is 0 Å². The maximum atomic E-state index is 12.0. The van der Waals surface area contributed by atoms with E-state index in [2.05, 4.69) is 15.5 Å². The molecule has 6 heteroatoms. The number of hydrogen-bond acceptors (Lipinski definition) is 4. The number of amides is 2. The van der Waals surface area contributed by atoms with Crippen molar-refractivity contribution in [2.45, 2.75) is 6.92 Å². The van der Waals surface area contributed by atoms with Crippen LogP contribution in [0.25, 0.3) is 0 Å². The van der Waals surface area contributed by atoms with Gasteiger partial charge in [-0.25, -0.2) is 0 Å². The zero-order valence-corrected chi connectivity index (χ0v) is 11.6. The lowest BCUT2D eigenvalue weighted by Gasteiger charge is -2.26. The first-order chi connectivity index (χ1) is 9.58. The Morgan fingerprint density at radius 1 is 1.35 bits per heavy atom. The fourth-order valence-electron chi connectivity index (χ4n) is 2.30. The molecule has 0 aromatic heterocycles. The Balaban J connectivity index is 2.00. The number of nitrogens with two attached hydrogens (primary N) is 1. The molecule has 0 atom stereocenters. The second kappa shape index (κ2) is 6.49. The predicted molar refractivity (Wildman–Crippen MR) is 77.6 cm³/mol. The van der Waals surface area contributed by atoms with E-state index in [0.717, 1.165) is 26.2 Å². The molecular weight excluding hydrogens is 256 g/mol. The summed E-state index contributed by atoms with van der Waals surface area (Å²) in [6.45, 7) is 5.69. The molecule has 1 aromatic rings. The summed E-state index contributed by atoms with van der Waals surface area (Å²) in [6, 6.07) is 5.15. The first-order valence-electron chi connectivity index (χ1n) is 6.70. The molecule has 2 rings (SSSR count). The molecule has 1 aliphatic rings. The quantitative estimate of drug-likeness (QED) is 0.719. The zero-order valence-electron chi connectivity index (χ0n) is 11.6. The molecule has 1 aliphatic heterocycles. The van der Waals surface area contributed by atoms with Crippen LogP contribution in [0.1, 0.15) is 15.9 Å². The molecule has 0 radical (unpaired) electrons. The van der Waals surface area contributed by atoms with Gasteiger partial charge < -0.3 is 16.4 Å². The van der Waals surface area contributed by atoms with Crippen LogP contribution in [0.2, 0.25) is 0 Å². The highest BCUT2D eigenvalue weighted by molar-refractivity contribution is 5.98. The van der Waals surface area contributed by atoms with Crippen LogP contribution in [0, 0.1) is 6.92 Å². The Kier molecular flexibility index (Phi) is 4.70. The van der Waals surface area contributed by atoms with Crippen LogP contribution in [-0.4, -0.2) is 49.4 Å². The van der Waals surface area contributed by atoms with Crippen molar-refractivity contribution in [2.75, 3.05) is 38.0 Å². The van der Waals surface area contributed by atoms with Crippen molar-refractivity contribution < 1.29 is 9.59 Å². The maximum Gasteiger partial charge on any atom is 0.249 e. The molecule has 1 fully saturated rings. The number of piperazine rings is 1. The molecule has 108 valence electrons. The highest BCUT2D eigenvalue weighted by Crippen LogP contribution is 2.18. The number of anilines is 1. The van der Waals surface area contributed by atoms with Gasteiger partial charge in [0, 0.05) is 37.4 Å². The van der Waals surface area contributed by atoms with Gasteiger partial charge in [0.25, 0.3) is 0 Å².